The monoisotopic (exact) mass is 364 g/mol. The third-order valence-corrected chi connectivity index (χ3v) is 6.28. The summed E-state index contributed by atoms with van der Waals surface area (Å²) in [6.07, 6.45) is 2.32. The van der Waals surface area contributed by atoms with Crippen LogP contribution in [-0.2, 0) is 0 Å². The highest BCUT2D eigenvalue weighted by atomic mass is 16.5. The first-order valence-electron chi connectivity index (χ1n) is 10.2. The lowest BCUT2D eigenvalue weighted by Gasteiger charge is -2.40. The molecule has 5 rings (SSSR count). The molecule has 1 saturated heterocycles. The molecule has 3 aliphatic heterocycles. The second-order valence-electron chi connectivity index (χ2n) is 8.01. The second-order valence-corrected chi connectivity index (χ2v) is 8.01. The zero-order chi connectivity index (χ0) is 18.2. The van der Waals surface area contributed by atoms with Crippen molar-refractivity contribution in [1.82, 2.24) is 4.90 Å². The molecule has 27 heavy (non-hydrogen) atoms. The molecule has 3 heterocycles. The molecule has 1 fully saturated rings. The highest BCUT2D eigenvalue weighted by Gasteiger charge is 2.44. The predicted octanol–water partition coefficient (Wildman–Crippen LogP) is 3.83. The average Bonchev–Trinajstić information content (AvgIpc) is 3.02. The van der Waals surface area contributed by atoms with Crippen LogP contribution in [0.3, 0.4) is 0 Å². The third-order valence-electron chi connectivity index (χ3n) is 6.28. The normalized spacial score (nSPS) is 23.5. The van der Waals surface area contributed by atoms with E-state index in [1.165, 1.54) is 29.8 Å². The summed E-state index contributed by atoms with van der Waals surface area (Å²) in [6, 6.07) is 15.6. The Bertz CT molecular complexity index is 805. The molecule has 2 atom stereocenters. The molecular formula is C23H28N2O2. The maximum Gasteiger partial charge on any atom is 0.142 e. The number of para-hydroxylation sites is 1. The highest BCUT2D eigenvalue weighted by molar-refractivity contribution is 5.71. The largest absolute Gasteiger partial charge is 0.494 e. The van der Waals surface area contributed by atoms with Crippen molar-refractivity contribution < 1.29 is 9.47 Å². The fourth-order valence-electron chi connectivity index (χ4n) is 4.96. The molecule has 0 N–H and O–H groups in total. The fourth-order valence-corrected chi connectivity index (χ4v) is 4.96. The Labute approximate surface area is 161 Å². The molecule has 0 radical (unpaired) electrons. The van der Waals surface area contributed by atoms with E-state index >= 15 is 0 Å². The van der Waals surface area contributed by atoms with Gasteiger partial charge in [0, 0.05) is 31.6 Å². The summed E-state index contributed by atoms with van der Waals surface area (Å²) in [5, 5.41) is 0. The number of hydrogen-bond donors (Lipinski definition) is 0. The van der Waals surface area contributed by atoms with Gasteiger partial charge in [0.05, 0.1) is 18.8 Å². The van der Waals surface area contributed by atoms with E-state index in [-0.39, 0.29) is 0 Å². The van der Waals surface area contributed by atoms with E-state index in [0.29, 0.717) is 12.0 Å². The maximum atomic E-state index is 5.90. The molecule has 4 nitrogen and oxygen atoms in total. The fraction of sp³-hybridized carbons (Fsp3) is 0.478. The van der Waals surface area contributed by atoms with Crippen molar-refractivity contribution >= 4 is 5.69 Å². The van der Waals surface area contributed by atoms with Gasteiger partial charge in [-0.3, -0.25) is 0 Å². The zero-order valence-electron chi connectivity index (χ0n) is 16.1. The van der Waals surface area contributed by atoms with Crippen LogP contribution in [0.25, 0.3) is 0 Å². The number of nitrogens with zero attached hydrogens (tertiary/aromatic N) is 2. The van der Waals surface area contributed by atoms with Crippen molar-refractivity contribution in [1.29, 1.82) is 0 Å². The lowest BCUT2D eigenvalue weighted by atomic mass is 9.89. The third kappa shape index (κ3) is 3.16. The van der Waals surface area contributed by atoms with Gasteiger partial charge in [0.1, 0.15) is 18.1 Å². The van der Waals surface area contributed by atoms with E-state index in [4.69, 9.17) is 9.47 Å². The Morgan fingerprint density at radius 2 is 2.00 bits per heavy atom. The number of anilines is 1. The van der Waals surface area contributed by atoms with Crippen molar-refractivity contribution in [2.75, 3.05) is 44.3 Å². The van der Waals surface area contributed by atoms with Crippen molar-refractivity contribution in [3.05, 3.63) is 53.6 Å². The van der Waals surface area contributed by atoms with Gasteiger partial charge >= 0.3 is 0 Å². The van der Waals surface area contributed by atoms with Crippen LogP contribution in [0.4, 0.5) is 5.69 Å². The van der Waals surface area contributed by atoms with Gasteiger partial charge in [-0.25, -0.2) is 0 Å². The van der Waals surface area contributed by atoms with Gasteiger partial charge in [0.25, 0.3) is 0 Å². The van der Waals surface area contributed by atoms with Crippen molar-refractivity contribution in [3.8, 4) is 11.5 Å². The summed E-state index contributed by atoms with van der Waals surface area (Å²) in [4.78, 5) is 5.25. The lowest BCUT2D eigenvalue weighted by molar-refractivity contribution is 0.175. The van der Waals surface area contributed by atoms with Gasteiger partial charge < -0.3 is 19.3 Å². The molecule has 2 aromatic rings. The summed E-state index contributed by atoms with van der Waals surface area (Å²) >= 11 is 0. The molecule has 142 valence electrons. The summed E-state index contributed by atoms with van der Waals surface area (Å²) < 4.78 is 11.8. The van der Waals surface area contributed by atoms with E-state index in [2.05, 4.69) is 59.2 Å². The lowest BCUT2D eigenvalue weighted by Crippen LogP contribution is -2.48. The number of likely N-dealkylation sites (tertiary alicyclic amines) is 1. The van der Waals surface area contributed by atoms with Crippen molar-refractivity contribution in [2.24, 2.45) is 0 Å². The number of benzene rings is 2. The molecule has 0 bridgehead atoms. The van der Waals surface area contributed by atoms with E-state index in [0.717, 1.165) is 50.8 Å². The van der Waals surface area contributed by atoms with Crippen LogP contribution < -0.4 is 14.4 Å². The van der Waals surface area contributed by atoms with Crippen LogP contribution in [0, 0.1) is 6.92 Å². The van der Waals surface area contributed by atoms with Crippen LogP contribution in [0.15, 0.2) is 42.5 Å². The maximum absolute atomic E-state index is 5.90. The molecule has 2 aromatic carbocycles. The molecule has 0 spiro atoms. The van der Waals surface area contributed by atoms with Crippen molar-refractivity contribution in [2.45, 2.75) is 31.7 Å². The van der Waals surface area contributed by atoms with E-state index < -0.39 is 0 Å². The van der Waals surface area contributed by atoms with Gasteiger partial charge in [0.2, 0.25) is 0 Å². The Morgan fingerprint density at radius 1 is 1.11 bits per heavy atom. The molecule has 4 heteroatoms. The molecule has 0 amide bonds. The summed E-state index contributed by atoms with van der Waals surface area (Å²) in [5.74, 6) is 2.69. The Kier molecular flexibility index (Phi) is 4.44. The quantitative estimate of drug-likeness (QED) is 0.753. The highest BCUT2D eigenvalue weighted by Crippen LogP contribution is 2.50. The Morgan fingerprint density at radius 3 is 2.89 bits per heavy atom. The Hall–Kier alpha value is -2.20. The number of piperidine rings is 1. The van der Waals surface area contributed by atoms with Gasteiger partial charge in [0.15, 0.2) is 0 Å². The second kappa shape index (κ2) is 7.08. The van der Waals surface area contributed by atoms with Crippen LogP contribution in [0.1, 0.15) is 29.9 Å². The molecule has 0 saturated carbocycles. The number of aryl methyl sites for hydroxylation is 1. The standard InChI is InChI=1S/C23H28N2O2/c1-17-6-8-18(9-7-17)26-14-3-11-24-12-10-21-20(16-24)19-4-2-5-22-23(19)25(21)13-15-27-22/h2,4-9,20-21H,3,10-16H2,1H3. The SMILES string of the molecule is Cc1ccc(OCCCN2CCC3C(C2)c2cccc4c2N3CCO4)cc1. The minimum atomic E-state index is 0.619. The van der Waals surface area contributed by atoms with Crippen LogP contribution in [-0.4, -0.2) is 50.3 Å². The molecule has 2 unspecified atom stereocenters. The van der Waals surface area contributed by atoms with Gasteiger partial charge in [-0.1, -0.05) is 29.8 Å². The Balaban J connectivity index is 1.18. The predicted molar refractivity (Wildman–Crippen MR) is 108 cm³/mol. The number of rotatable bonds is 5. The summed E-state index contributed by atoms with van der Waals surface area (Å²) in [5.41, 5.74) is 4.15. The molecule has 0 aliphatic carbocycles. The first-order valence-corrected chi connectivity index (χ1v) is 10.2. The summed E-state index contributed by atoms with van der Waals surface area (Å²) in [7, 11) is 0. The first kappa shape index (κ1) is 16.9. The number of hydrogen-bond acceptors (Lipinski definition) is 4. The van der Waals surface area contributed by atoms with Gasteiger partial charge in [-0.2, -0.15) is 0 Å². The van der Waals surface area contributed by atoms with Crippen LogP contribution in [0.5, 0.6) is 11.5 Å². The average molecular weight is 364 g/mol. The number of ether oxygens (including phenoxy) is 2. The summed E-state index contributed by atoms with van der Waals surface area (Å²) in [6.45, 7) is 8.20. The van der Waals surface area contributed by atoms with Crippen LogP contribution >= 0.6 is 0 Å². The van der Waals surface area contributed by atoms with Crippen LogP contribution in [0.2, 0.25) is 0 Å². The smallest absolute Gasteiger partial charge is 0.142 e. The van der Waals surface area contributed by atoms with E-state index in [9.17, 15) is 0 Å². The van der Waals surface area contributed by atoms with Crippen molar-refractivity contribution in [3.63, 3.8) is 0 Å². The first-order chi connectivity index (χ1) is 13.3. The molecule has 0 aromatic heterocycles. The van der Waals surface area contributed by atoms with E-state index in [1.54, 1.807) is 0 Å². The minimum absolute atomic E-state index is 0.619. The van der Waals surface area contributed by atoms with Gasteiger partial charge in [-0.05, 0) is 43.5 Å². The van der Waals surface area contributed by atoms with E-state index in [1.807, 2.05) is 0 Å². The molecule has 3 aliphatic rings. The number of fused-ring (bicyclic) bond motifs is 3. The molecular weight excluding hydrogens is 336 g/mol. The minimum Gasteiger partial charge on any atom is -0.494 e. The zero-order valence-corrected chi connectivity index (χ0v) is 16.1. The van der Waals surface area contributed by atoms with Gasteiger partial charge in [-0.15, -0.1) is 0 Å². The topological polar surface area (TPSA) is 24.9 Å².